The number of aliphatic hydroxyl groups excluding tert-OH is 1. The van der Waals surface area contributed by atoms with Crippen molar-refractivity contribution >= 4 is 11.6 Å². The van der Waals surface area contributed by atoms with E-state index < -0.39 is 17.6 Å². The van der Waals surface area contributed by atoms with E-state index in [9.17, 15) is 9.50 Å². The summed E-state index contributed by atoms with van der Waals surface area (Å²) in [6.07, 6.45) is 0.244. The lowest BCUT2D eigenvalue weighted by Gasteiger charge is -2.16. The zero-order valence-corrected chi connectivity index (χ0v) is 9.05. The average molecular weight is 234 g/mol. The number of hydrogen-bond donors (Lipinski definition) is 3. The van der Waals surface area contributed by atoms with Crippen LogP contribution in [0.25, 0.3) is 0 Å². The zero-order valence-electron chi connectivity index (χ0n) is 8.30. The van der Waals surface area contributed by atoms with Crippen LogP contribution in [0.5, 0.6) is 5.75 Å². The van der Waals surface area contributed by atoms with Gasteiger partial charge in [-0.05, 0) is 25.0 Å². The molecule has 4 N–H and O–H groups in total. The van der Waals surface area contributed by atoms with Gasteiger partial charge < -0.3 is 15.9 Å². The number of phenolic OH excluding ortho intramolecular Hbond substituents is 1. The quantitative estimate of drug-likeness (QED) is 0.747. The highest BCUT2D eigenvalue weighted by Gasteiger charge is 2.19. The number of aromatic hydroxyl groups is 1. The first-order chi connectivity index (χ1) is 6.99. The summed E-state index contributed by atoms with van der Waals surface area (Å²) in [6.45, 7) is 1.52. The summed E-state index contributed by atoms with van der Waals surface area (Å²) < 4.78 is 13.2. The summed E-state index contributed by atoms with van der Waals surface area (Å²) in [5.74, 6) is -1.29. The molecular formula is C10H13ClFNO2. The van der Waals surface area contributed by atoms with E-state index >= 15 is 0 Å². The maximum atomic E-state index is 13.2. The third-order valence-corrected chi connectivity index (χ3v) is 2.70. The van der Waals surface area contributed by atoms with Gasteiger partial charge in [-0.15, -0.1) is 0 Å². The lowest BCUT2D eigenvalue weighted by atomic mass is 9.98. The van der Waals surface area contributed by atoms with E-state index in [4.69, 9.17) is 22.4 Å². The van der Waals surface area contributed by atoms with Crippen molar-refractivity contribution < 1.29 is 14.6 Å². The van der Waals surface area contributed by atoms with Crippen LogP contribution in [0, 0.1) is 12.7 Å². The molecule has 0 aliphatic heterocycles. The molecule has 0 aliphatic carbocycles. The molecule has 0 aliphatic rings. The Kier molecular flexibility index (Phi) is 3.90. The normalized spacial score (nSPS) is 12.9. The number of halogens is 2. The van der Waals surface area contributed by atoms with E-state index in [2.05, 4.69) is 0 Å². The molecule has 0 aromatic heterocycles. The van der Waals surface area contributed by atoms with Crippen LogP contribution in [0.3, 0.4) is 0 Å². The molecule has 3 nitrogen and oxygen atoms in total. The lowest BCUT2D eigenvalue weighted by molar-refractivity contribution is 0.275. The van der Waals surface area contributed by atoms with Crippen LogP contribution < -0.4 is 5.73 Å². The molecule has 0 saturated carbocycles. The third-order valence-electron chi connectivity index (χ3n) is 2.31. The number of phenols is 1. The van der Waals surface area contributed by atoms with Crippen molar-refractivity contribution in [1.29, 1.82) is 0 Å². The van der Waals surface area contributed by atoms with Crippen LogP contribution in [-0.2, 0) is 0 Å². The molecule has 0 heterocycles. The fourth-order valence-corrected chi connectivity index (χ4v) is 1.66. The van der Waals surface area contributed by atoms with Gasteiger partial charge in [-0.1, -0.05) is 11.6 Å². The highest BCUT2D eigenvalue weighted by Crippen LogP contribution is 2.34. The fourth-order valence-electron chi connectivity index (χ4n) is 1.46. The topological polar surface area (TPSA) is 66.5 Å². The van der Waals surface area contributed by atoms with E-state index in [0.717, 1.165) is 6.07 Å². The van der Waals surface area contributed by atoms with Gasteiger partial charge in [0.15, 0.2) is 11.6 Å². The van der Waals surface area contributed by atoms with Crippen molar-refractivity contribution in [3.63, 3.8) is 0 Å². The van der Waals surface area contributed by atoms with Gasteiger partial charge in [-0.25, -0.2) is 4.39 Å². The summed E-state index contributed by atoms with van der Waals surface area (Å²) in [6, 6.07) is 0.421. The first kappa shape index (κ1) is 12.2. The number of aliphatic hydroxyl groups is 1. The Morgan fingerprint density at radius 3 is 2.73 bits per heavy atom. The smallest absolute Gasteiger partial charge is 0.166 e. The maximum absolute atomic E-state index is 13.2. The standard InChI is InChI=1S/C10H13ClFNO2/c1-5-6(11)4-7(12)10(15)9(5)8(13)2-3-14/h4,8,14-15H,2-3,13H2,1H3. The highest BCUT2D eigenvalue weighted by atomic mass is 35.5. The monoisotopic (exact) mass is 233 g/mol. The van der Waals surface area contributed by atoms with Crippen molar-refractivity contribution in [3.8, 4) is 5.75 Å². The molecule has 1 aromatic rings. The summed E-state index contributed by atoms with van der Waals surface area (Å²) in [5.41, 5.74) is 6.50. The number of nitrogens with two attached hydrogens (primary N) is 1. The van der Waals surface area contributed by atoms with Crippen molar-refractivity contribution in [2.45, 2.75) is 19.4 Å². The number of rotatable bonds is 3. The highest BCUT2D eigenvalue weighted by molar-refractivity contribution is 6.31. The van der Waals surface area contributed by atoms with Gasteiger partial charge in [0.2, 0.25) is 0 Å². The largest absolute Gasteiger partial charge is 0.505 e. The molecule has 0 radical (unpaired) electrons. The Bertz CT molecular complexity index is 345. The molecule has 0 fully saturated rings. The van der Waals surface area contributed by atoms with Crippen molar-refractivity contribution in [1.82, 2.24) is 0 Å². The second kappa shape index (κ2) is 4.79. The summed E-state index contributed by atoms with van der Waals surface area (Å²) in [7, 11) is 0. The molecule has 0 amide bonds. The molecule has 1 atom stereocenters. The van der Waals surface area contributed by atoms with Crippen molar-refractivity contribution in [2.75, 3.05) is 6.61 Å². The van der Waals surface area contributed by atoms with Crippen LogP contribution >= 0.6 is 11.6 Å². The molecule has 0 spiro atoms. The van der Waals surface area contributed by atoms with Crippen LogP contribution in [-0.4, -0.2) is 16.8 Å². The van der Waals surface area contributed by atoms with Gasteiger partial charge >= 0.3 is 0 Å². The van der Waals surface area contributed by atoms with Gasteiger partial charge in [-0.3, -0.25) is 0 Å². The molecule has 1 unspecified atom stereocenters. The van der Waals surface area contributed by atoms with Crippen molar-refractivity contribution in [3.05, 3.63) is 28.0 Å². The first-order valence-corrected chi connectivity index (χ1v) is 4.90. The van der Waals surface area contributed by atoms with E-state index in [0.29, 0.717) is 5.56 Å². The minimum atomic E-state index is -0.797. The second-order valence-corrected chi connectivity index (χ2v) is 3.75. The SMILES string of the molecule is Cc1c(Cl)cc(F)c(O)c1C(N)CCO. The molecule has 15 heavy (non-hydrogen) atoms. The first-order valence-electron chi connectivity index (χ1n) is 4.53. The number of hydrogen-bond acceptors (Lipinski definition) is 3. The van der Waals surface area contributed by atoms with E-state index in [1.165, 1.54) is 0 Å². The Morgan fingerprint density at radius 1 is 1.60 bits per heavy atom. The molecular weight excluding hydrogens is 221 g/mol. The predicted octanol–water partition coefficient (Wildman–Crippen LogP) is 1.88. The number of benzene rings is 1. The Balaban J connectivity index is 3.26. The molecule has 84 valence electrons. The van der Waals surface area contributed by atoms with Crippen LogP contribution in [0.2, 0.25) is 5.02 Å². The van der Waals surface area contributed by atoms with Gasteiger partial charge in [0.25, 0.3) is 0 Å². The Morgan fingerprint density at radius 2 is 2.20 bits per heavy atom. The third kappa shape index (κ3) is 2.40. The molecule has 0 bridgehead atoms. The summed E-state index contributed by atoms with van der Waals surface area (Å²) in [5, 5.41) is 18.5. The molecule has 1 aromatic carbocycles. The Hall–Kier alpha value is -0.840. The van der Waals surface area contributed by atoms with Crippen LogP contribution in [0.1, 0.15) is 23.6 Å². The second-order valence-electron chi connectivity index (χ2n) is 3.35. The Labute approximate surface area is 92.3 Å². The van der Waals surface area contributed by atoms with Crippen LogP contribution in [0.4, 0.5) is 4.39 Å². The average Bonchev–Trinajstić information content (AvgIpc) is 2.16. The maximum Gasteiger partial charge on any atom is 0.166 e. The summed E-state index contributed by atoms with van der Waals surface area (Å²) in [4.78, 5) is 0. The lowest BCUT2D eigenvalue weighted by Crippen LogP contribution is -2.14. The van der Waals surface area contributed by atoms with Gasteiger partial charge in [0.05, 0.1) is 0 Å². The van der Waals surface area contributed by atoms with Crippen molar-refractivity contribution in [2.24, 2.45) is 5.73 Å². The zero-order chi connectivity index (χ0) is 11.6. The van der Waals surface area contributed by atoms with E-state index in [-0.39, 0.29) is 23.6 Å². The van der Waals surface area contributed by atoms with Gasteiger partial charge in [-0.2, -0.15) is 0 Å². The predicted molar refractivity (Wildman–Crippen MR) is 56.4 cm³/mol. The van der Waals surface area contributed by atoms with Gasteiger partial charge in [0, 0.05) is 23.2 Å². The van der Waals surface area contributed by atoms with E-state index in [1.54, 1.807) is 6.92 Å². The minimum absolute atomic E-state index is 0.131. The molecule has 1 rings (SSSR count). The minimum Gasteiger partial charge on any atom is -0.505 e. The van der Waals surface area contributed by atoms with E-state index in [1.807, 2.05) is 0 Å². The van der Waals surface area contributed by atoms with Gasteiger partial charge in [0.1, 0.15) is 0 Å². The summed E-state index contributed by atoms with van der Waals surface area (Å²) >= 11 is 5.77. The molecule has 5 heteroatoms. The van der Waals surface area contributed by atoms with Crippen LogP contribution in [0.15, 0.2) is 6.07 Å². The fraction of sp³-hybridized carbons (Fsp3) is 0.400. The molecule has 0 saturated heterocycles.